The van der Waals surface area contributed by atoms with Gasteiger partial charge in [-0.05, 0) is 177 Å². The highest BCUT2D eigenvalue weighted by molar-refractivity contribution is 7.27. The van der Waals surface area contributed by atoms with Crippen LogP contribution in [0, 0.1) is 0 Å². The molecule has 0 fully saturated rings. The summed E-state index contributed by atoms with van der Waals surface area (Å²) in [4.78, 5) is 53.7. The van der Waals surface area contributed by atoms with E-state index in [4.69, 9.17) is 59.2 Å². The van der Waals surface area contributed by atoms with Crippen LogP contribution in [0.3, 0.4) is 0 Å². The Kier molecular flexibility index (Phi) is 21.0. The van der Waals surface area contributed by atoms with E-state index in [0.29, 0.717) is 52.4 Å². The van der Waals surface area contributed by atoms with Crippen molar-refractivity contribution in [3.05, 3.63) is 480 Å². The monoisotopic (exact) mass is 1910 g/mol. The van der Waals surface area contributed by atoms with Crippen LogP contribution in [0.4, 0.5) is 0 Å². The average molecular weight is 1910 g/mol. The van der Waals surface area contributed by atoms with Crippen LogP contribution >= 0.6 is 22.7 Å². The summed E-state index contributed by atoms with van der Waals surface area (Å²) in [6.45, 7) is 0. The highest BCUT2D eigenvalue weighted by Gasteiger charge is 2.23. The molecule has 0 spiro atoms. The van der Waals surface area contributed by atoms with Crippen LogP contribution in [0.2, 0.25) is 0 Å². The SMILES string of the molecule is c1ccc(-c2nc(-c3ccccc3)nc(-c3ccc(-c4ccc5c(ccc6ccc7ccc8c9ccccc9oc8c7c65)c4)nc3)n2)cc1.c1ccc(-c2nc(-c3ccccc3)nc(-c3ccc(-c4ccc5c(ccc6ccc7ccc8c9ccccc9sc8c7c65)c4)nc3)n2)cc1.c1ccc(-c2nc(-c3ccccc3)nc(-c3cccc(-c4ccc5c(ccc6ccc7cc8c(cc7c65)sc5ccccc58)c4)c3)n2)cc1. The molecule has 0 saturated heterocycles. The normalized spacial score (nSPS) is 11.7. The predicted octanol–water partition coefficient (Wildman–Crippen LogP) is 35.4. The Balaban J connectivity index is 0.000000107. The second-order valence-electron chi connectivity index (χ2n) is 37.0. The molecule has 0 aliphatic heterocycles. The summed E-state index contributed by atoms with van der Waals surface area (Å²) in [5.74, 6) is 5.68. The van der Waals surface area contributed by atoms with Crippen molar-refractivity contribution in [2.24, 2.45) is 0 Å². The number of hydrogen-bond acceptors (Lipinski definition) is 14. The number of aromatic nitrogens is 11. The summed E-state index contributed by atoms with van der Waals surface area (Å²) >= 11 is 3.76. The third kappa shape index (κ3) is 15.7. The Morgan fingerprint density at radius 1 is 0.156 bits per heavy atom. The van der Waals surface area contributed by atoms with Crippen molar-refractivity contribution in [3.8, 4) is 136 Å². The van der Waals surface area contributed by atoms with Gasteiger partial charge in [0.15, 0.2) is 52.4 Å². The molecule has 0 aliphatic carbocycles. The minimum Gasteiger partial charge on any atom is -0.455 e. The zero-order valence-electron chi connectivity index (χ0n) is 78.8. The van der Waals surface area contributed by atoms with E-state index in [9.17, 15) is 0 Å². The summed E-state index contributed by atoms with van der Waals surface area (Å²) in [6, 6.07) is 163. The van der Waals surface area contributed by atoms with Crippen LogP contribution < -0.4 is 0 Å². The van der Waals surface area contributed by atoms with Gasteiger partial charge in [0.25, 0.3) is 0 Å². The zero-order chi connectivity index (χ0) is 96.9. The van der Waals surface area contributed by atoms with Crippen molar-refractivity contribution >= 4 is 182 Å². The molecule has 0 unspecified atom stereocenters. The molecule has 22 aromatic carbocycles. The number of hydrogen-bond donors (Lipinski definition) is 0. The molecule has 0 bridgehead atoms. The quantitative estimate of drug-likeness (QED) is 0.107. The number of thiophene rings is 2. The Morgan fingerprint density at radius 3 is 0.932 bits per heavy atom. The summed E-state index contributed by atoms with van der Waals surface area (Å²) < 4.78 is 11.8. The fourth-order valence-corrected chi connectivity index (χ4v) is 23.3. The maximum atomic E-state index is 6.50. The second-order valence-corrected chi connectivity index (χ2v) is 39.1. The molecule has 0 atom stereocenters. The molecule has 30 aromatic rings. The first kappa shape index (κ1) is 85.7. The number of pyridine rings is 2. The molecular formula is C133H79N11OS2. The molecule has 147 heavy (non-hydrogen) atoms. The van der Waals surface area contributed by atoms with Crippen molar-refractivity contribution in [2.75, 3.05) is 0 Å². The maximum absolute atomic E-state index is 6.50. The lowest BCUT2D eigenvalue weighted by Crippen LogP contribution is -2.00. The molecule has 30 rings (SSSR count). The van der Waals surface area contributed by atoms with Gasteiger partial charge in [0, 0.05) is 141 Å². The molecule has 0 radical (unpaired) electrons. The van der Waals surface area contributed by atoms with E-state index in [2.05, 4.69) is 261 Å². The highest BCUT2D eigenvalue weighted by Crippen LogP contribution is 2.48. The minimum atomic E-state index is 0.584. The van der Waals surface area contributed by atoms with Gasteiger partial charge in [-0.1, -0.05) is 382 Å². The van der Waals surface area contributed by atoms with Gasteiger partial charge in [-0.25, -0.2) is 44.9 Å². The first-order valence-corrected chi connectivity index (χ1v) is 50.7. The van der Waals surface area contributed by atoms with Crippen molar-refractivity contribution in [3.63, 3.8) is 0 Å². The second kappa shape index (κ2) is 36.1. The van der Waals surface area contributed by atoms with Crippen LogP contribution in [-0.2, 0) is 0 Å². The van der Waals surface area contributed by atoms with Crippen LogP contribution in [0.1, 0.15) is 0 Å². The highest BCUT2D eigenvalue weighted by atomic mass is 32.1. The first-order chi connectivity index (χ1) is 72.8. The van der Waals surface area contributed by atoms with Gasteiger partial charge in [0.1, 0.15) is 11.2 Å². The van der Waals surface area contributed by atoms with Crippen LogP contribution in [0.5, 0.6) is 0 Å². The summed E-state index contributed by atoms with van der Waals surface area (Å²) in [5.41, 5.74) is 16.3. The number of para-hydroxylation sites is 1. The number of benzene rings is 22. The topological polar surface area (TPSA) is 155 Å². The summed E-state index contributed by atoms with van der Waals surface area (Å²) in [7, 11) is 0. The third-order valence-electron chi connectivity index (χ3n) is 28.1. The van der Waals surface area contributed by atoms with Gasteiger partial charge in [-0.3, -0.25) is 9.97 Å². The van der Waals surface area contributed by atoms with Crippen LogP contribution in [0.15, 0.2) is 484 Å². The Morgan fingerprint density at radius 2 is 0.469 bits per heavy atom. The third-order valence-corrected chi connectivity index (χ3v) is 30.5. The van der Waals surface area contributed by atoms with Crippen molar-refractivity contribution in [2.45, 2.75) is 0 Å². The standard InChI is InChI=1S/C45H27N3S.C44H26N4O.C44H26N4S/c1-3-10-29(11-4-1)43-46-44(30-12-5-2-6-13-30)48-45(47-43)35-15-9-14-31(25-35)32-22-23-36-33(24-32)20-18-28-19-21-34-26-39-37-16-7-8-17-40(37)49-41(39)27-38(34)42(28)36;2*1-3-9-29(10-4-1)42-46-43(30-11-5-2-6-12-30)48-44(47-42)33-21-24-37(45-26-33)32-20-22-34-31(25-32)18-17-27-15-16-28-19-23-36-35-13-7-8-14-38(35)49-41(36)40(28)39(27)34/h1-27H;2*1-26H. The lowest BCUT2D eigenvalue weighted by Gasteiger charge is -2.12. The van der Waals surface area contributed by atoms with Gasteiger partial charge in [0.05, 0.1) is 11.4 Å². The van der Waals surface area contributed by atoms with Crippen molar-refractivity contribution < 1.29 is 4.42 Å². The molecule has 684 valence electrons. The summed E-state index contributed by atoms with van der Waals surface area (Å²) in [5, 5.41) is 29.8. The lowest BCUT2D eigenvalue weighted by atomic mass is 9.93. The van der Waals surface area contributed by atoms with Crippen molar-refractivity contribution in [1.29, 1.82) is 0 Å². The Bertz CT molecular complexity index is 9930. The molecule has 0 saturated carbocycles. The molecule has 12 nitrogen and oxygen atoms in total. The average Bonchev–Trinajstić information content (AvgIpc) is 1.73. The van der Waals surface area contributed by atoms with E-state index in [-0.39, 0.29) is 0 Å². The van der Waals surface area contributed by atoms with Crippen LogP contribution in [0.25, 0.3) is 295 Å². The zero-order valence-corrected chi connectivity index (χ0v) is 80.4. The maximum Gasteiger partial charge on any atom is 0.165 e. The largest absolute Gasteiger partial charge is 0.455 e. The summed E-state index contributed by atoms with van der Waals surface area (Å²) in [6.07, 6.45) is 3.72. The molecule has 8 aromatic heterocycles. The van der Waals surface area contributed by atoms with E-state index in [1.807, 2.05) is 241 Å². The Labute approximate surface area is 850 Å². The van der Waals surface area contributed by atoms with Crippen molar-refractivity contribution in [1.82, 2.24) is 54.8 Å². The fraction of sp³-hybridized carbons (Fsp3) is 0. The van der Waals surface area contributed by atoms with E-state index in [1.165, 1.54) is 121 Å². The number of fused-ring (bicyclic) bond motifs is 26. The number of nitrogens with zero attached hydrogens (tertiary/aromatic N) is 11. The van der Waals surface area contributed by atoms with E-state index in [0.717, 1.165) is 122 Å². The van der Waals surface area contributed by atoms with E-state index < -0.39 is 0 Å². The van der Waals surface area contributed by atoms with Gasteiger partial charge in [-0.2, -0.15) is 0 Å². The minimum absolute atomic E-state index is 0.584. The van der Waals surface area contributed by atoms with Gasteiger partial charge in [-0.15, -0.1) is 22.7 Å². The first-order valence-electron chi connectivity index (χ1n) is 49.0. The van der Waals surface area contributed by atoms with Gasteiger partial charge in [0.2, 0.25) is 0 Å². The fourth-order valence-electron chi connectivity index (χ4n) is 20.9. The van der Waals surface area contributed by atoms with E-state index in [1.54, 1.807) is 0 Å². The molecular weight excluding hydrogens is 1830 g/mol. The molecule has 8 heterocycles. The molecule has 0 N–H and O–H groups in total. The number of rotatable bonds is 12. The number of furan rings is 1. The lowest BCUT2D eigenvalue weighted by molar-refractivity contribution is 0.673. The smallest absolute Gasteiger partial charge is 0.165 e. The molecule has 14 heteroatoms. The van der Waals surface area contributed by atoms with E-state index >= 15 is 0 Å². The van der Waals surface area contributed by atoms with Crippen LogP contribution in [-0.4, -0.2) is 54.8 Å². The predicted molar refractivity (Wildman–Crippen MR) is 611 cm³/mol. The van der Waals surface area contributed by atoms with Gasteiger partial charge < -0.3 is 4.42 Å². The molecule has 0 aliphatic rings. The van der Waals surface area contributed by atoms with Gasteiger partial charge >= 0.3 is 0 Å². The molecule has 0 amide bonds. The Hall–Kier alpha value is -19.3.